The van der Waals surface area contributed by atoms with Crippen molar-refractivity contribution < 1.29 is 4.74 Å². The van der Waals surface area contributed by atoms with Gasteiger partial charge in [-0.15, -0.1) is 0 Å². The second-order valence-electron chi connectivity index (χ2n) is 3.74. The number of rotatable bonds is 1. The molecule has 0 saturated heterocycles. The Balaban J connectivity index is 2.41. The zero-order valence-electron chi connectivity index (χ0n) is 8.44. The van der Waals surface area contributed by atoms with Crippen LogP contribution in [-0.2, 0) is 4.74 Å². The molecule has 0 aliphatic heterocycles. The highest BCUT2D eigenvalue weighted by atomic mass is 16.5. The SMILES string of the molecule is CO[C@@H]1CCC[C@H](N)c2cccnc21. The van der Waals surface area contributed by atoms with Gasteiger partial charge in [0.1, 0.15) is 0 Å². The summed E-state index contributed by atoms with van der Waals surface area (Å²) in [4.78, 5) is 4.38. The minimum absolute atomic E-state index is 0.124. The summed E-state index contributed by atoms with van der Waals surface area (Å²) in [5.74, 6) is 0. The second-order valence-corrected chi connectivity index (χ2v) is 3.74. The van der Waals surface area contributed by atoms with E-state index >= 15 is 0 Å². The lowest BCUT2D eigenvalue weighted by Crippen LogP contribution is -2.12. The Morgan fingerprint density at radius 3 is 3.14 bits per heavy atom. The van der Waals surface area contributed by atoms with Gasteiger partial charge in [-0.05, 0) is 30.9 Å². The lowest BCUT2D eigenvalue weighted by molar-refractivity contribution is 0.0917. The lowest BCUT2D eigenvalue weighted by Gasteiger charge is -2.15. The minimum Gasteiger partial charge on any atom is -0.375 e. The van der Waals surface area contributed by atoms with Gasteiger partial charge in [-0.2, -0.15) is 0 Å². The summed E-state index contributed by atoms with van der Waals surface area (Å²) >= 11 is 0. The first kappa shape index (κ1) is 9.62. The van der Waals surface area contributed by atoms with Crippen LogP contribution >= 0.6 is 0 Å². The maximum Gasteiger partial charge on any atom is 0.0994 e. The summed E-state index contributed by atoms with van der Waals surface area (Å²) < 4.78 is 5.43. The topological polar surface area (TPSA) is 48.1 Å². The molecule has 1 aliphatic carbocycles. The monoisotopic (exact) mass is 192 g/mol. The highest BCUT2D eigenvalue weighted by Gasteiger charge is 2.23. The number of fused-ring (bicyclic) bond motifs is 1. The van der Waals surface area contributed by atoms with Crippen molar-refractivity contribution in [3.8, 4) is 0 Å². The van der Waals surface area contributed by atoms with Gasteiger partial charge in [0.2, 0.25) is 0 Å². The molecule has 1 heterocycles. The summed E-state index contributed by atoms with van der Waals surface area (Å²) in [6, 6.07) is 4.12. The average Bonchev–Trinajstić information content (AvgIpc) is 2.39. The molecule has 76 valence electrons. The van der Waals surface area contributed by atoms with Gasteiger partial charge in [0.15, 0.2) is 0 Å². The van der Waals surface area contributed by atoms with Gasteiger partial charge in [0.05, 0.1) is 11.8 Å². The van der Waals surface area contributed by atoms with Gasteiger partial charge in [-0.1, -0.05) is 6.07 Å². The van der Waals surface area contributed by atoms with Crippen LogP contribution in [0.3, 0.4) is 0 Å². The van der Waals surface area contributed by atoms with Gasteiger partial charge >= 0.3 is 0 Å². The molecular weight excluding hydrogens is 176 g/mol. The first-order chi connectivity index (χ1) is 6.83. The summed E-state index contributed by atoms with van der Waals surface area (Å²) in [5, 5.41) is 0. The molecule has 1 aromatic rings. The van der Waals surface area contributed by atoms with Crippen molar-refractivity contribution in [3.63, 3.8) is 0 Å². The van der Waals surface area contributed by atoms with Gasteiger partial charge in [-0.3, -0.25) is 4.98 Å². The number of methoxy groups -OCH3 is 1. The van der Waals surface area contributed by atoms with Crippen molar-refractivity contribution in [2.75, 3.05) is 7.11 Å². The van der Waals surface area contributed by atoms with Gasteiger partial charge in [0, 0.05) is 19.3 Å². The lowest BCUT2D eigenvalue weighted by atomic mass is 10.0. The van der Waals surface area contributed by atoms with E-state index in [1.807, 2.05) is 12.3 Å². The molecule has 0 spiro atoms. The number of nitrogens with zero attached hydrogens (tertiary/aromatic N) is 1. The van der Waals surface area contributed by atoms with Crippen LogP contribution < -0.4 is 5.73 Å². The molecular formula is C11H16N2O. The molecule has 3 heteroatoms. The standard InChI is InChI=1S/C11H16N2O/c1-14-10-6-2-5-9(12)8-4-3-7-13-11(8)10/h3-4,7,9-10H,2,5-6,12H2,1H3/t9-,10+/m0/s1. The number of aromatic nitrogens is 1. The quantitative estimate of drug-likeness (QED) is 0.692. The number of ether oxygens (including phenoxy) is 1. The van der Waals surface area contributed by atoms with Crippen molar-refractivity contribution in [1.82, 2.24) is 4.98 Å². The maximum atomic E-state index is 6.07. The Bertz CT molecular complexity index is 314. The first-order valence-corrected chi connectivity index (χ1v) is 5.06. The van der Waals surface area contributed by atoms with Crippen molar-refractivity contribution in [3.05, 3.63) is 29.6 Å². The Hall–Kier alpha value is -0.930. The van der Waals surface area contributed by atoms with E-state index in [4.69, 9.17) is 10.5 Å². The molecule has 0 amide bonds. The molecule has 2 atom stereocenters. The van der Waals surface area contributed by atoms with E-state index in [0.29, 0.717) is 0 Å². The largest absolute Gasteiger partial charge is 0.375 e. The molecule has 0 radical (unpaired) electrons. The van der Waals surface area contributed by atoms with Gasteiger partial charge in [0.25, 0.3) is 0 Å². The van der Waals surface area contributed by atoms with Crippen molar-refractivity contribution in [1.29, 1.82) is 0 Å². The summed E-state index contributed by atoms with van der Waals surface area (Å²) in [6.45, 7) is 0. The Labute approximate surface area is 84.3 Å². The molecule has 0 fully saturated rings. The third kappa shape index (κ3) is 1.65. The molecule has 2 rings (SSSR count). The fourth-order valence-corrected chi connectivity index (χ4v) is 2.06. The van der Waals surface area contributed by atoms with Gasteiger partial charge in [-0.25, -0.2) is 0 Å². The summed E-state index contributed by atoms with van der Waals surface area (Å²) in [7, 11) is 1.74. The molecule has 14 heavy (non-hydrogen) atoms. The molecule has 0 saturated carbocycles. The molecule has 3 nitrogen and oxygen atoms in total. The van der Waals surface area contributed by atoms with Crippen molar-refractivity contribution in [2.45, 2.75) is 31.4 Å². The van der Waals surface area contributed by atoms with Crippen LogP contribution in [0.2, 0.25) is 0 Å². The molecule has 1 aromatic heterocycles. The Morgan fingerprint density at radius 1 is 1.50 bits per heavy atom. The zero-order chi connectivity index (χ0) is 9.97. The van der Waals surface area contributed by atoms with E-state index in [-0.39, 0.29) is 12.1 Å². The van der Waals surface area contributed by atoms with E-state index in [9.17, 15) is 0 Å². The predicted octanol–water partition coefficient (Wildman–Crippen LogP) is 1.95. The zero-order valence-corrected chi connectivity index (χ0v) is 8.44. The smallest absolute Gasteiger partial charge is 0.0994 e. The Kier molecular flexibility index (Phi) is 2.79. The normalized spacial score (nSPS) is 26.7. The fraction of sp³-hybridized carbons (Fsp3) is 0.545. The predicted molar refractivity (Wildman–Crippen MR) is 54.8 cm³/mol. The van der Waals surface area contributed by atoms with Crippen LogP contribution in [0.1, 0.15) is 42.7 Å². The average molecular weight is 192 g/mol. The van der Waals surface area contributed by atoms with Crippen molar-refractivity contribution >= 4 is 0 Å². The molecule has 0 unspecified atom stereocenters. The van der Waals surface area contributed by atoms with E-state index in [2.05, 4.69) is 11.1 Å². The molecule has 1 aliphatic rings. The third-order valence-electron chi connectivity index (χ3n) is 2.84. The van der Waals surface area contributed by atoms with E-state index in [1.54, 1.807) is 7.11 Å². The fourth-order valence-electron chi connectivity index (χ4n) is 2.06. The van der Waals surface area contributed by atoms with E-state index in [1.165, 1.54) is 0 Å². The molecule has 0 bridgehead atoms. The third-order valence-corrected chi connectivity index (χ3v) is 2.84. The summed E-state index contributed by atoms with van der Waals surface area (Å²) in [5.41, 5.74) is 8.25. The second kappa shape index (κ2) is 4.07. The van der Waals surface area contributed by atoms with Crippen LogP contribution in [0.5, 0.6) is 0 Å². The van der Waals surface area contributed by atoms with Gasteiger partial charge < -0.3 is 10.5 Å². The molecule has 2 N–H and O–H groups in total. The van der Waals surface area contributed by atoms with E-state index in [0.717, 1.165) is 30.5 Å². The highest BCUT2D eigenvalue weighted by molar-refractivity contribution is 5.26. The van der Waals surface area contributed by atoms with Crippen LogP contribution in [0.4, 0.5) is 0 Å². The van der Waals surface area contributed by atoms with Crippen LogP contribution in [-0.4, -0.2) is 12.1 Å². The van der Waals surface area contributed by atoms with E-state index < -0.39 is 0 Å². The van der Waals surface area contributed by atoms with Crippen LogP contribution in [0, 0.1) is 0 Å². The number of pyridine rings is 1. The minimum atomic E-state index is 0.124. The highest BCUT2D eigenvalue weighted by Crippen LogP contribution is 2.33. The Morgan fingerprint density at radius 2 is 2.36 bits per heavy atom. The number of hydrogen-bond donors (Lipinski definition) is 1. The van der Waals surface area contributed by atoms with Crippen LogP contribution in [0.15, 0.2) is 18.3 Å². The first-order valence-electron chi connectivity index (χ1n) is 5.06. The molecule has 0 aromatic carbocycles. The number of hydrogen-bond acceptors (Lipinski definition) is 3. The number of nitrogens with two attached hydrogens (primary N) is 1. The van der Waals surface area contributed by atoms with Crippen LogP contribution in [0.25, 0.3) is 0 Å². The maximum absolute atomic E-state index is 6.07. The van der Waals surface area contributed by atoms with Crippen molar-refractivity contribution in [2.24, 2.45) is 5.73 Å². The summed E-state index contributed by atoms with van der Waals surface area (Å²) in [6.07, 6.45) is 5.09.